The first-order chi connectivity index (χ1) is 11.3. The minimum Gasteiger partial charge on any atom is -0.481 e. The molecule has 0 bridgehead atoms. The Labute approximate surface area is 144 Å². The highest BCUT2D eigenvalue weighted by Crippen LogP contribution is 2.23. The Hall–Kier alpha value is -2.14. The van der Waals surface area contributed by atoms with E-state index in [1.54, 1.807) is 32.0 Å². The van der Waals surface area contributed by atoms with Gasteiger partial charge in [-0.25, -0.2) is 8.78 Å². The van der Waals surface area contributed by atoms with Gasteiger partial charge in [-0.3, -0.25) is 4.79 Å². The van der Waals surface area contributed by atoms with E-state index in [9.17, 15) is 13.6 Å². The number of amides is 1. The van der Waals surface area contributed by atoms with Crippen molar-refractivity contribution in [1.29, 1.82) is 0 Å². The normalized spacial score (nSPS) is 13.2. The summed E-state index contributed by atoms with van der Waals surface area (Å²) in [4.78, 5) is 12.2. The lowest BCUT2D eigenvalue weighted by atomic mass is 10.1. The predicted octanol–water partition coefficient (Wildman–Crippen LogP) is 4.57. The Morgan fingerprint density at radius 1 is 1.12 bits per heavy atom. The van der Waals surface area contributed by atoms with Gasteiger partial charge in [0.05, 0.1) is 6.04 Å². The number of ether oxygens (including phenoxy) is 1. The molecular weight excluding hydrogens is 336 g/mol. The summed E-state index contributed by atoms with van der Waals surface area (Å²) in [6.07, 6.45) is -0.752. The van der Waals surface area contributed by atoms with Gasteiger partial charge in [0, 0.05) is 5.02 Å². The lowest BCUT2D eigenvalue weighted by Crippen LogP contribution is -2.37. The van der Waals surface area contributed by atoms with E-state index in [-0.39, 0.29) is 5.91 Å². The molecule has 0 heterocycles. The van der Waals surface area contributed by atoms with E-state index in [2.05, 4.69) is 5.32 Å². The Morgan fingerprint density at radius 2 is 1.83 bits per heavy atom. The van der Waals surface area contributed by atoms with Gasteiger partial charge in [-0.1, -0.05) is 17.7 Å². The van der Waals surface area contributed by atoms with Crippen LogP contribution in [0.2, 0.25) is 5.02 Å². The molecule has 0 aliphatic rings. The zero-order valence-electron chi connectivity index (χ0n) is 13.6. The number of carbonyl (C=O) groups excluding carboxylic acids is 1. The van der Waals surface area contributed by atoms with Crippen molar-refractivity contribution in [3.05, 3.63) is 64.2 Å². The third-order valence-corrected chi connectivity index (χ3v) is 3.85. The van der Waals surface area contributed by atoms with Gasteiger partial charge in [0.25, 0.3) is 5.91 Å². The van der Waals surface area contributed by atoms with E-state index in [1.165, 1.54) is 6.07 Å². The summed E-state index contributed by atoms with van der Waals surface area (Å²) in [5, 5.41) is 3.30. The van der Waals surface area contributed by atoms with E-state index in [0.29, 0.717) is 16.3 Å². The molecule has 1 amide bonds. The lowest BCUT2D eigenvalue weighted by Gasteiger charge is -2.20. The number of aryl methyl sites for hydroxylation is 1. The maximum absolute atomic E-state index is 13.3. The second-order valence-electron chi connectivity index (χ2n) is 5.57. The highest BCUT2D eigenvalue weighted by atomic mass is 35.5. The average molecular weight is 354 g/mol. The van der Waals surface area contributed by atoms with Crippen molar-refractivity contribution in [2.45, 2.75) is 32.9 Å². The van der Waals surface area contributed by atoms with Gasteiger partial charge in [0.1, 0.15) is 5.75 Å². The second-order valence-corrected chi connectivity index (χ2v) is 6.01. The van der Waals surface area contributed by atoms with Crippen LogP contribution in [0, 0.1) is 18.6 Å². The SMILES string of the molecule is Cc1cc(Cl)ccc1OC(C)C(=O)NC(C)c1ccc(F)c(F)c1. The zero-order chi connectivity index (χ0) is 17.9. The molecule has 128 valence electrons. The minimum absolute atomic E-state index is 0.360. The lowest BCUT2D eigenvalue weighted by molar-refractivity contribution is -0.127. The molecule has 2 aromatic carbocycles. The molecule has 3 nitrogen and oxygen atoms in total. The molecule has 2 unspecified atom stereocenters. The highest BCUT2D eigenvalue weighted by molar-refractivity contribution is 6.30. The van der Waals surface area contributed by atoms with Gasteiger partial charge < -0.3 is 10.1 Å². The molecule has 0 aliphatic carbocycles. The molecule has 2 rings (SSSR count). The van der Waals surface area contributed by atoms with Crippen molar-refractivity contribution in [2.24, 2.45) is 0 Å². The first-order valence-corrected chi connectivity index (χ1v) is 7.84. The number of benzene rings is 2. The number of hydrogen-bond acceptors (Lipinski definition) is 2. The maximum Gasteiger partial charge on any atom is 0.261 e. The van der Waals surface area contributed by atoms with Gasteiger partial charge in [-0.05, 0) is 62.2 Å². The Bertz CT molecular complexity index is 752. The molecule has 0 saturated carbocycles. The molecule has 0 fully saturated rings. The van der Waals surface area contributed by atoms with Gasteiger partial charge in [0.2, 0.25) is 0 Å². The van der Waals surface area contributed by atoms with Crippen molar-refractivity contribution in [3.8, 4) is 5.75 Å². The van der Waals surface area contributed by atoms with Crippen LogP contribution in [0.4, 0.5) is 8.78 Å². The van der Waals surface area contributed by atoms with Crippen molar-refractivity contribution < 1.29 is 18.3 Å². The van der Waals surface area contributed by atoms with Crippen LogP contribution in [-0.2, 0) is 4.79 Å². The van der Waals surface area contributed by atoms with Gasteiger partial charge in [0.15, 0.2) is 17.7 Å². The van der Waals surface area contributed by atoms with E-state index in [0.717, 1.165) is 17.7 Å². The van der Waals surface area contributed by atoms with Gasteiger partial charge in [-0.2, -0.15) is 0 Å². The first kappa shape index (κ1) is 18.2. The van der Waals surface area contributed by atoms with Crippen molar-refractivity contribution in [2.75, 3.05) is 0 Å². The quantitative estimate of drug-likeness (QED) is 0.855. The third-order valence-electron chi connectivity index (χ3n) is 3.61. The number of rotatable bonds is 5. The molecule has 2 atom stereocenters. The van der Waals surface area contributed by atoms with Crippen LogP contribution in [0.25, 0.3) is 0 Å². The number of carbonyl (C=O) groups is 1. The third kappa shape index (κ3) is 4.45. The van der Waals surface area contributed by atoms with Crippen LogP contribution in [0.1, 0.15) is 31.0 Å². The summed E-state index contributed by atoms with van der Waals surface area (Å²) in [7, 11) is 0. The number of halogens is 3. The molecule has 6 heteroatoms. The summed E-state index contributed by atoms with van der Waals surface area (Å²) in [5.41, 5.74) is 1.29. The number of nitrogens with one attached hydrogen (secondary N) is 1. The Balaban J connectivity index is 2.01. The molecule has 0 aromatic heterocycles. The summed E-state index contributed by atoms with van der Waals surface area (Å²) in [6.45, 7) is 5.13. The molecule has 0 radical (unpaired) electrons. The van der Waals surface area contributed by atoms with Gasteiger partial charge in [-0.15, -0.1) is 0 Å². The highest BCUT2D eigenvalue weighted by Gasteiger charge is 2.19. The maximum atomic E-state index is 13.3. The largest absolute Gasteiger partial charge is 0.481 e. The fraction of sp³-hybridized carbons (Fsp3) is 0.278. The van der Waals surface area contributed by atoms with Crippen LogP contribution in [0.15, 0.2) is 36.4 Å². The van der Waals surface area contributed by atoms with Gasteiger partial charge >= 0.3 is 0 Å². The molecule has 0 spiro atoms. The van der Waals surface area contributed by atoms with E-state index < -0.39 is 23.8 Å². The van der Waals surface area contributed by atoms with E-state index in [4.69, 9.17) is 16.3 Å². The Kier molecular flexibility index (Phi) is 5.78. The molecule has 0 saturated heterocycles. The minimum atomic E-state index is -0.949. The standard InChI is InChI=1S/C18H18ClF2NO2/c1-10-8-14(19)5-7-17(10)24-12(3)18(23)22-11(2)13-4-6-15(20)16(21)9-13/h4-9,11-12H,1-3H3,(H,22,23). The Morgan fingerprint density at radius 3 is 2.46 bits per heavy atom. The van der Waals surface area contributed by atoms with Crippen LogP contribution in [0.3, 0.4) is 0 Å². The molecule has 1 N–H and O–H groups in total. The summed E-state index contributed by atoms with van der Waals surface area (Å²) < 4.78 is 31.9. The smallest absolute Gasteiger partial charge is 0.261 e. The zero-order valence-corrected chi connectivity index (χ0v) is 14.3. The van der Waals surface area contributed by atoms with Crippen LogP contribution in [-0.4, -0.2) is 12.0 Å². The van der Waals surface area contributed by atoms with E-state index in [1.807, 2.05) is 6.92 Å². The van der Waals surface area contributed by atoms with E-state index >= 15 is 0 Å². The van der Waals surface area contributed by atoms with Crippen LogP contribution >= 0.6 is 11.6 Å². The molecule has 2 aromatic rings. The fourth-order valence-electron chi connectivity index (χ4n) is 2.18. The summed E-state index contributed by atoms with van der Waals surface area (Å²) >= 11 is 5.88. The monoisotopic (exact) mass is 353 g/mol. The molecule has 24 heavy (non-hydrogen) atoms. The second kappa shape index (κ2) is 7.62. The topological polar surface area (TPSA) is 38.3 Å². The summed E-state index contributed by atoms with van der Waals surface area (Å²) in [5.74, 6) is -1.68. The van der Waals surface area contributed by atoms with Crippen molar-refractivity contribution >= 4 is 17.5 Å². The predicted molar refractivity (Wildman–Crippen MR) is 89.2 cm³/mol. The molecule has 0 aliphatic heterocycles. The van der Waals surface area contributed by atoms with Crippen LogP contribution < -0.4 is 10.1 Å². The fourth-order valence-corrected chi connectivity index (χ4v) is 2.41. The summed E-state index contributed by atoms with van der Waals surface area (Å²) in [6, 6.07) is 8.16. The van der Waals surface area contributed by atoms with Crippen molar-refractivity contribution in [3.63, 3.8) is 0 Å². The first-order valence-electron chi connectivity index (χ1n) is 7.46. The average Bonchev–Trinajstić information content (AvgIpc) is 2.52. The van der Waals surface area contributed by atoms with Crippen LogP contribution in [0.5, 0.6) is 5.75 Å². The molecular formula is C18H18ClF2NO2. The van der Waals surface area contributed by atoms with Crippen molar-refractivity contribution in [1.82, 2.24) is 5.32 Å². The number of hydrogen-bond donors (Lipinski definition) is 1.